The first-order valence-electron chi connectivity index (χ1n) is 11.2. The number of carbonyl (C=O) groups excluding carboxylic acids is 2. The summed E-state index contributed by atoms with van der Waals surface area (Å²) in [6.45, 7) is 3.14. The number of benzene rings is 2. The Kier molecular flexibility index (Phi) is 7.20. The fourth-order valence-electron chi connectivity index (χ4n) is 4.40. The van der Waals surface area contributed by atoms with Crippen molar-refractivity contribution in [1.82, 2.24) is 9.62 Å². The number of morpholine rings is 1. The lowest BCUT2D eigenvalue weighted by Gasteiger charge is -2.26. The molecule has 9 nitrogen and oxygen atoms in total. The molecule has 0 saturated carbocycles. The van der Waals surface area contributed by atoms with E-state index in [0.29, 0.717) is 50.5 Å². The smallest absolute Gasteiger partial charge is 0.243 e. The van der Waals surface area contributed by atoms with Gasteiger partial charge in [-0.15, -0.1) is 0 Å². The van der Waals surface area contributed by atoms with E-state index in [1.165, 1.54) is 22.2 Å². The molecule has 182 valence electrons. The quantitative estimate of drug-likeness (QED) is 0.632. The zero-order chi connectivity index (χ0) is 24.3. The molecule has 0 unspecified atom stereocenters. The third-order valence-electron chi connectivity index (χ3n) is 6.13. The van der Waals surface area contributed by atoms with Crippen LogP contribution in [0.1, 0.15) is 18.1 Å². The lowest BCUT2D eigenvalue weighted by Crippen LogP contribution is -2.47. The van der Waals surface area contributed by atoms with Crippen LogP contribution in [0.5, 0.6) is 5.75 Å². The maximum Gasteiger partial charge on any atom is 0.243 e. The van der Waals surface area contributed by atoms with Crippen LogP contribution in [0.15, 0.2) is 47.4 Å². The van der Waals surface area contributed by atoms with E-state index in [-0.39, 0.29) is 23.1 Å². The number of nitrogens with zero attached hydrogens (tertiary/aromatic N) is 2. The molecule has 2 aromatic rings. The van der Waals surface area contributed by atoms with Gasteiger partial charge in [-0.3, -0.25) is 14.5 Å². The van der Waals surface area contributed by atoms with Gasteiger partial charge in [-0.2, -0.15) is 4.31 Å². The van der Waals surface area contributed by atoms with E-state index in [1.54, 1.807) is 19.2 Å². The summed E-state index contributed by atoms with van der Waals surface area (Å²) in [5.41, 5.74) is 2.26. The average Bonchev–Trinajstić information content (AvgIpc) is 3.24. The Hall–Kier alpha value is -2.95. The molecule has 1 saturated heterocycles. The summed E-state index contributed by atoms with van der Waals surface area (Å²) < 4.78 is 38.0. The molecule has 2 heterocycles. The van der Waals surface area contributed by atoms with E-state index >= 15 is 0 Å². The van der Waals surface area contributed by atoms with Crippen LogP contribution < -0.4 is 15.0 Å². The largest absolute Gasteiger partial charge is 0.497 e. The van der Waals surface area contributed by atoms with Gasteiger partial charge in [0.1, 0.15) is 11.8 Å². The minimum atomic E-state index is -3.67. The molecule has 0 bridgehead atoms. The van der Waals surface area contributed by atoms with Gasteiger partial charge in [0, 0.05) is 38.7 Å². The minimum absolute atomic E-state index is 0.163. The Balaban J connectivity index is 1.47. The van der Waals surface area contributed by atoms with Crippen LogP contribution in [0.3, 0.4) is 0 Å². The van der Waals surface area contributed by atoms with E-state index in [9.17, 15) is 18.0 Å². The van der Waals surface area contributed by atoms with Crippen molar-refractivity contribution in [1.29, 1.82) is 0 Å². The number of hydrogen-bond donors (Lipinski definition) is 1. The Morgan fingerprint density at radius 1 is 1.15 bits per heavy atom. The predicted octanol–water partition coefficient (Wildman–Crippen LogP) is 1.35. The standard InChI is InChI=1S/C24H29N3O6S/c1-17(28)27-22-7-6-21(34(30,31)26-10-12-33-13-11-26)15-19(22)16-23(27)24(29)25-9-8-18-4-3-5-20(14-18)32-2/h3-7,14-15,23H,8-13,16H2,1-2H3,(H,25,29)/t23-/m0/s1. The van der Waals surface area contributed by atoms with Gasteiger partial charge in [-0.1, -0.05) is 12.1 Å². The van der Waals surface area contributed by atoms with E-state index in [4.69, 9.17) is 9.47 Å². The summed E-state index contributed by atoms with van der Waals surface area (Å²) in [7, 11) is -2.07. The zero-order valence-electron chi connectivity index (χ0n) is 19.3. The van der Waals surface area contributed by atoms with Crippen molar-refractivity contribution in [3.63, 3.8) is 0 Å². The predicted molar refractivity (Wildman–Crippen MR) is 126 cm³/mol. The van der Waals surface area contributed by atoms with Crippen LogP contribution in [-0.2, 0) is 37.2 Å². The molecule has 0 spiro atoms. The molecule has 2 aromatic carbocycles. The fourth-order valence-corrected chi connectivity index (χ4v) is 5.86. The molecule has 34 heavy (non-hydrogen) atoms. The first-order chi connectivity index (χ1) is 16.3. The number of ether oxygens (including phenoxy) is 2. The first kappa shape index (κ1) is 24.2. The third-order valence-corrected chi connectivity index (χ3v) is 8.03. The van der Waals surface area contributed by atoms with Crippen LogP contribution >= 0.6 is 0 Å². The van der Waals surface area contributed by atoms with Gasteiger partial charge in [0.05, 0.1) is 25.2 Å². The summed E-state index contributed by atoms with van der Waals surface area (Å²) >= 11 is 0. The second-order valence-electron chi connectivity index (χ2n) is 8.31. The van der Waals surface area contributed by atoms with Crippen molar-refractivity contribution in [2.75, 3.05) is 44.9 Å². The molecule has 1 fully saturated rings. The van der Waals surface area contributed by atoms with E-state index in [1.807, 2.05) is 24.3 Å². The maximum absolute atomic E-state index is 13.0. The third kappa shape index (κ3) is 4.94. The number of rotatable bonds is 7. The van der Waals surface area contributed by atoms with Crippen molar-refractivity contribution in [2.24, 2.45) is 0 Å². The van der Waals surface area contributed by atoms with Gasteiger partial charge in [0.2, 0.25) is 21.8 Å². The van der Waals surface area contributed by atoms with Crippen molar-refractivity contribution >= 4 is 27.5 Å². The molecule has 10 heteroatoms. The van der Waals surface area contributed by atoms with Gasteiger partial charge < -0.3 is 14.8 Å². The van der Waals surface area contributed by atoms with E-state index in [2.05, 4.69) is 5.32 Å². The Bertz CT molecular complexity index is 1180. The molecule has 0 aromatic heterocycles. The molecule has 1 N–H and O–H groups in total. The number of anilines is 1. The lowest BCUT2D eigenvalue weighted by atomic mass is 10.1. The van der Waals surface area contributed by atoms with Gasteiger partial charge in [-0.05, 0) is 47.9 Å². The number of methoxy groups -OCH3 is 1. The van der Waals surface area contributed by atoms with Gasteiger partial charge in [0.25, 0.3) is 0 Å². The highest BCUT2D eigenvalue weighted by Crippen LogP contribution is 2.35. The summed E-state index contributed by atoms with van der Waals surface area (Å²) in [6, 6.07) is 11.6. The van der Waals surface area contributed by atoms with Crippen LogP contribution in [0, 0.1) is 0 Å². The molecule has 2 aliphatic rings. The van der Waals surface area contributed by atoms with Crippen LogP contribution in [0.4, 0.5) is 5.69 Å². The second-order valence-corrected chi connectivity index (χ2v) is 10.2. The van der Waals surface area contributed by atoms with Crippen molar-refractivity contribution in [3.05, 3.63) is 53.6 Å². The zero-order valence-corrected chi connectivity index (χ0v) is 20.1. The first-order valence-corrected chi connectivity index (χ1v) is 12.7. The molecule has 2 aliphatic heterocycles. The lowest BCUT2D eigenvalue weighted by molar-refractivity contribution is -0.125. The van der Waals surface area contributed by atoms with Crippen LogP contribution in [0.2, 0.25) is 0 Å². The molecule has 0 radical (unpaired) electrons. The second kappa shape index (κ2) is 10.1. The van der Waals surface area contributed by atoms with Gasteiger partial charge in [-0.25, -0.2) is 8.42 Å². The van der Waals surface area contributed by atoms with Crippen LogP contribution in [-0.4, -0.2) is 70.5 Å². The summed E-state index contributed by atoms with van der Waals surface area (Å²) in [5, 5.41) is 2.91. The molecule has 1 atom stereocenters. The topological polar surface area (TPSA) is 105 Å². The summed E-state index contributed by atoms with van der Waals surface area (Å²) in [4.78, 5) is 27.0. The van der Waals surface area contributed by atoms with Crippen LogP contribution in [0.25, 0.3) is 0 Å². The van der Waals surface area contributed by atoms with Crippen molar-refractivity contribution in [2.45, 2.75) is 30.7 Å². The van der Waals surface area contributed by atoms with E-state index < -0.39 is 16.1 Å². The normalized spacial score (nSPS) is 18.4. The molecule has 4 rings (SSSR count). The Labute approximate surface area is 199 Å². The monoisotopic (exact) mass is 487 g/mol. The molecule has 0 aliphatic carbocycles. The highest BCUT2D eigenvalue weighted by Gasteiger charge is 2.38. The molecule has 2 amide bonds. The highest BCUT2D eigenvalue weighted by atomic mass is 32.2. The van der Waals surface area contributed by atoms with Crippen molar-refractivity contribution < 1.29 is 27.5 Å². The fraction of sp³-hybridized carbons (Fsp3) is 0.417. The SMILES string of the molecule is COc1cccc(CCNC(=O)[C@@H]2Cc3cc(S(=O)(=O)N4CCOCC4)ccc3N2C(C)=O)c1. The molecular weight excluding hydrogens is 458 g/mol. The number of amides is 2. The summed E-state index contributed by atoms with van der Waals surface area (Å²) in [5.74, 6) is 0.211. The molecular formula is C24H29N3O6S. The minimum Gasteiger partial charge on any atom is -0.497 e. The van der Waals surface area contributed by atoms with E-state index in [0.717, 1.165) is 11.3 Å². The maximum atomic E-state index is 13.0. The number of sulfonamides is 1. The van der Waals surface area contributed by atoms with Gasteiger partial charge >= 0.3 is 0 Å². The Morgan fingerprint density at radius 2 is 1.91 bits per heavy atom. The summed E-state index contributed by atoms with van der Waals surface area (Å²) in [6.07, 6.45) is 0.872. The average molecular weight is 488 g/mol. The highest BCUT2D eigenvalue weighted by molar-refractivity contribution is 7.89. The number of carbonyl (C=O) groups is 2. The Morgan fingerprint density at radius 3 is 2.62 bits per heavy atom. The number of fused-ring (bicyclic) bond motifs is 1. The number of nitrogens with one attached hydrogen (secondary N) is 1. The number of hydrogen-bond acceptors (Lipinski definition) is 6. The van der Waals surface area contributed by atoms with Gasteiger partial charge in [0.15, 0.2) is 0 Å². The van der Waals surface area contributed by atoms with Crippen molar-refractivity contribution in [3.8, 4) is 5.75 Å².